The molecule has 109 heavy (non-hydrogen) atoms. The molecule has 0 spiro atoms. The zero-order chi connectivity index (χ0) is 80.2. The van der Waals surface area contributed by atoms with Crippen molar-refractivity contribution in [2.45, 2.75) is 349 Å². The van der Waals surface area contributed by atoms with E-state index in [0.717, 1.165) is 5.57 Å². The molecule has 0 radical (unpaired) electrons. The summed E-state index contributed by atoms with van der Waals surface area (Å²) in [7, 11) is 0. The smallest absolute Gasteiger partial charge is 0.317 e. The van der Waals surface area contributed by atoms with E-state index >= 15 is 4.79 Å². The zero-order valence-corrected chi connectivity index (χ0v) is 63.3. The molecule has 10 fully saturated rings. The molecule has 42 atom stereocenters. The Bertz CT molecular complexity index is 3150. The lowest BCUT2D eigenvalue weighted by molar-refractivity contribution is -0.380. The number of hydrogen-bond acceptors (Lipinski definition) is 36. The second-order valence-electron chi connectivity index (χ2n) is 34.5. The summed E-state index contributed by atoms with van der Waals surface area (Å²) in [4.78, 5) is 42.2. The van der Waals surface area contributed by atoms with Gasteiger partial charge in [0.1, 0.15) is 121 Å². The van der Waals surface area contributed by atoms with E-state index < -0.39 is 304 Å². The standard InChI is InChI=1S/C73H118O36/c1-27(77)18-41(81)97-28(2)19-42(82)103-56-31(5)100-66(59(52(56)92)107-63-51(91)48(88)55(30(4)99-63)104-61-53(93)57(35(79)25-96-61)105-62-49(89)46(86)43(83)29(3)98-62)109-67(95)73-17-16-68(6,7)20-33(73)32-12-13-39-69(8)21-34(78)60(70(9,26-76)38(69)14-15-71(39,10)72(32,11)22-40(73)80)108-65-54(94)58(45(85)37(24-75)102-65)106-64-50(90)47(87)44(84)36(23-74)101-64/h12,27-31,33-40,43-66,74-80,83-94H,13-26H2,1-11H3/t27?,28?,29-,30-,31+,33-,34-,35+,36+,37+,38+,39+,40-,43-,44+,45+,46+,47-,48-,49+,50+,51+,52-,53+,54+,55-,56-,57-,58-,59+,60-,61-,62-,63-,64-,65-,66-,69-,70-,71+,72+,73+/m0/s1. The van der Waals surface area contributed by atoms with Crippen LogP contribution < -0.4 is 0 Å². The molecule has 11 aliphatic rings. The van der Waals surface area contributed by atoms with Crippen molar-refractivity contribution in [3.63, 3.8) is 0 Å². The highest BCUT2D eigenvalue weighted by molar-refractivity contribution is 5.80. The molecular formula is C73H118O36. The zero-order valence-electron chi connectivity index (χ0n) is 63.3. The van der Waals surface area contributed by atoms with Crippen molar-refractivity contribution in [2.24, 2.45) is 50.2 Å². The van der Waals surface area contributed by atoms with Gasteiger partial charge in [0.15, 0.2) is 43.7 Å². The van der Waals surface area contributed by atoms with Crippen LogP contribution >= 0.6 is 0 Å². The molecule has 0 aromatic carbocycles. The Morgan fingerprint density at radius 1 is 0.505 bits per heavy atom. The van der Waals surface area contributed by atoms with Crippen LogP contribution in [0.1, 0.15) is 140 Å². The average Bonchev–Trinajstić information content (AvgIpc) is 0.668. The molecule has 6 saturated heterocycles. The van der Waals surface area contributed by atoms with Crippen molar-refractivity contribution in [1.82, 2.24) is 0 Å². The number of carbonyl (C=O) groups is 3. The first-order chi connectivity index (χ1) is 51.0. The number of ether oxygens (including phenoxy) is 14. The Kier molecular flexibility index (Phi) is 26.4. The Morgan fingerprint density at radius 2 is 1.06 bits per heavy atom. The Labute approximate surface area is 630 Å². The van der Waals surface area contributed by atoms with Crippen LogP contribution in [0.15, 0.2) is 11.6 Å². The normalized spacial score (nSPS) is 51.8. The molecule has 0 aromatic rings. The minimum Gasteiger partial charge on any atom is -0.462 e. The van der Waals surface area contributed by atoms with E-state index in [9.17, 15) is 107 Å². The van der Waals surface area contributed by atoms with Crippen LogP contribution in [-0.2, 0) is 80.7 Å². The number of aliphatic hydroxyl groups excluding tert-OH is 19. The lowest BCUT2D eigenvalue weighted by atomic mass is 9.33. The monoisotopic (exact) mass is 1570 g/mol. The molecule has 36 heteroatoms. The van der Waals surface area contributed by atoms with Crippen LogP contribution in [-0.4, -0.2) is 350 Å². The lowest BCUT2D eigenvalue weighted by Crippen LogP contribution is -2.71. The van der Waals surface area contributed by atoms with Gasteiger partial charge in [-0.1, -0.05) is 53.2 Å². The molecular weight excluding hydrogens is 1450 g/mol. The number of esters is 3. The number of carbonyl (C=O) groups excluding carboxylic acids is 3. The molecule has 0 amide bonds. The highest BCUT2D eigenvalue weighted by Gasteiger charge is 2.74. The van der Waals surface area contributed by atoms with E-state index in [0.29, 0.717) is 32.1 Å². The van der Waals surface area contributed by atoms with Crippen LogP contribution in [0.5, 0.6) is 0 Å². The SMILES string of the molecule is CC(O)CC(=O)OC(C)CC(=O)O[C@@H]1[C@H](O)[C@@H](O[C@@H]2O[C@@H](C)[C@H](O[C@@H]3OC[C@@H](O)[C@H](O[C@@H]4O[C@@H](C)[C@H](O)[C@@H](O)[C@H]4O)[C@H]3O)[C@@H](O)[C@H]2O)[C@H](OC(=O)[C@]23CCC(C)(C)C[C@H]2C2=CC[C@@H]4[C@@]5(C)C[C@H](O)[C@H](O[C@@H]6O[C@H](CO)[C@@H](O)[C@H](O[C@@H]7O[C@H](CO)[C@@H](O)[C@H](O)[C@H]7O)[C@H]6O)[C@@](C)(CO)[C@@H]5CC[C@@]4(C)[C@]2(C)C[C@@H]3O)O[C@@H]1C. The van der Waals surface area contributed by atoms with Crippen LogP contribution in [0.25, 0.3) is 0 Å². The Balaban J connectivity index is 0.840. The van der Waals surface area contributed by atoms with Gasteiger partial charge in [-0.3, -0.25) is 14.4 Å². The third-order valence-corrected chi connectivity index (χ3v) is 26.7. The van der Waals surface area contributed by atoms with E-state index in [1.807, 2.05) is 0 Å². The van der Waals surface area contributed by atoms with Crippen LogP contribution in [0.2, 0.25) is 0 Å². The van der Waals surface area contributed by atoms with E-state index in [1.165, 1.54) is 34.6 Å². The molecule has 5 aliphatic carbocycles. The summed E-state index contributed by atoms with van der Waals surface area (Å²) < 4.78 is 83.3. The summed E-state index contributed by atoms with van der Waals surface area (Å²) in [5, 5.41) is 213. The van der Waals surface area contributed by atoms with Crippen molar-refractivity contribution >= 4 is 17.9 Å². The summed E-state index contributed by atoms with van der Waals surface area (Å²) in [6.45, 7) is 16.4. The number of aliphatic hydroxyl groups is 19. The van der Waals surface area contributed by atoms with Crippen molar-refractivity contribution in [2.75, 3.05) is 26.4 Å². The molecule has 19 N–H and O–H groups in total. The van der Waals surface area contributed by atoms with Gasteiger partial charge >= 0.3 is 17.9 Å². The third kappa shape index (κ3) is 15.8. The van der Waals surface area contributed by atoms with Crippen molar-refractivity contribution < 1.29 is 178 Å². The molecule has 36 nitrogen and oxygen atoms in total. The summed E-state index contributed by atoms with van der Waals surface area (Å²) in [5.41, 5.74) is -4.98. The largest absolute Gasteiger partial charge is 0.462 e. The van der Waals surface area contributed by atoms with Crippen molar-refractivity contribution in [3.05, 3.63) is 11.6 Å². The maximum atomic E-state index is 16.0. The van der Waals surface area contributed by atoms with E-state index in [4.69, 9.17) is 66.3 Å². The molecule has 6 aliphatic heterocycles. The first kappa shape index (κ1) is 86.8. The summed E-state index contributed by atoms with van der Waals surface area (Å²) in [6, 6.07) is 0. The van der Waals surface area contributed by atoms with Crippen molar-refractivity contribution in [3.8, 4) is 0 Å². The minimum absolute atomic E-state index is 0.00532. The number of rotatable bonds is 21. The minimum atomic E-state index is -2.12. The molecule has 6 heterocycles. The van der Waals surface area contributed by atoms with Gasteiger partial charge in [-0.25, -0.2) is 0 Å². The molecule has 4 saturated carbocycles. The topological polar surface area (TPSA) is 565 Å². The average molecular weight is 1570 g/mol. The van der Waals surface area contributed by atoms with E-state index in [1.54, 1.807) is 6.92 Å². The van der Waals surface area contributed by atoms with Crippen LogP contribution in [0.3, 0.4) is 0 Å². The predicted molar refractivity (Wildman–Crippen MR) is 362 cm³/mol. The van der Waals surface area contributed by atoms with E-state index in [2.05, 4.69) is 40.7 Å². The highest BCUT2D eigenvalue weighted by Crippen LogP contribution is 2.76. The first-order valence-corrected chi connectivity index (χ1v) is 38.2. The van der Waals surface area contributed by atoms with Gasteiger partial charge in [-0.05, 0) is 125 Å². The van der Waals surface area contributed by atoms with Gasteiger partial charge in [0.05, 0.1) is 82.0 Å². The lowest BCUT2D eigenvalue weighted by Gasteiger charge is -2.72. The van der Waals surface area contributed by atoms with Gasteiger partial charge in [0.2, 0.25) is 6.29 Å². The first-order valence-electron chi connectivity index (χ1n) is 38.2. The van der Waals surface area contributed by atoms with Gasteiger partial charge in [0.25, 0.3) is 0 Å². The maximum Gasteiger partial charge on any atom is 0.317 e. The van der Waals surface area contributed by atoms with Gasteiger partial charge in [0, 0.05) is 5.41 Å². The Morgan fingerprint density at radius 3 is 1.69 bits per heavy atom. The third-order valence-electron chi connectivity index (χ3n) is 26.7. The van der Waals surface area contributed by atoms with Crippen molar-refractivity contribution in [1.29, 1.82) is 0 Å². The van der Waals surface area contributed by atoms with Gasteiger partial charge in [-0.15, -0.1) is 0 Å². The molecule has 2 unspecified atom stereocenters. The fraction of sp³-hybridized carbons (Fsp3) is 0.932. The van der Waals surface area contributed by atoms with Gasteiger partial charge in [-0.2, -0.15) is 0 Å². The molecule has 11 rings (SSSR count). The maximum absolute atomic E-state index is 16.0. The fourth-order valence-electron chi connectivity index (χ4n) is 20.5. The second kappa shape index (κ2) is 33.2. The summed E-state index contributed by atoms with van der Waals surface area (Å²) in [6.07, 6.45) is -53.0. The number of fused-ring (bicyclic) bond motifs is 7. The summed E-state index contributed by atoms with van der Waals surface area (Å²) >= 11 is 0. The summed E-state index contributed by atoms with van der Waals surface area (Å²) in [5.74, 6) is -4.20. The van der Waals surface area contributed by atoms with Crippen LogP contribution in [0.4, 0.5) is 0 Å². The van der Waals surface area contributed by atoms with Gasteiger partial charge < -0.3 is 163 Å². The molecule has 0 aromatic heterocycles. The second-order valence-corrected chi connectivity index (χ2v) is 34.5. The van der Waals surface area contributed by atoms with E-state index in [-0.39, 0.29) is 31.6 Å². The highest BCUT2D eigenvalue weighted by atomic mass is 16.8. The number of hydrogen-bond donors (Lipinski definition) is 19. The fourth-order valence-corrected chi connectivity index (χ4v) is 20.5. The predicted octanol–water partition coefficient (Wildman–Crippen LogP) is -5.11. The molecule has 626 valence electrons. The number of allylic oxidation sites excluding steroid dienone is 2. The molecule has 0 bridgehead atoms. The Hall–Kier alpha value is -3.05. The quantitative estimate of drug-likeness (QED) is 0.0221. The van der Waals surface area contributed by atoms with Crippen LogP contribution in [0, 0.1) is 50.2 Å².